The summed E-state index contributed by atoms with van der Waals surface area (Å²) in [4.78, 5) is 14.9. The molecule has 4 heteroatoms. The fourth-order valence-corrected chi connectivity index (χ4v) is 4.19. The van der Waals surface area contributed by atoms with Gasteiger partial charge < -0.3 is 9.64 Å². The summed E-state index contributed by atoms with van der Waals surface area (Å²) in [5.74, 6) is 2.40. The van der Waals surface area contributed by atoms with Crippen LogP contribution in [-0.2, 0) is 9.53 Å². The Bertz CT molecular complexity index is 482. The van der Waals surface area contributed by atoms with Crippen LogP contribution in [0.5, 0.6) is 0 Å². The van der Waals surface area contributed by atoms with Crippen molar-refractivity contribution in [3.63, 3.8) is 0 Å². The summed E-state index contributed by atoms with van der Waals surface area (Å²) in [6.45, 7) is 4.37. The van der Waals surface area contributed by atoms with Crippen molar-refractivity contribution >= 4 is 17.7 Å². The van der Waals surface area contributed by atoms with E-state index in [1.807, 2.05) is 11.8 Å². The number of amides is 1. The summed E-state index contributed by atoms with van der Waals surface area (Å²) in [5, 5.41) is 0. The molecule has 0 radical (unpaired) electrons. The first-order valence-corrected chi connectivity index (χ1v) is 8.94. The number of thioether (sulfide) groups is 1. The number of carbonyl (C=O) groups is 1. The molecule has 3 nitrogen and oxygen atoms in total. The number of ether oxygens (including phenoxy) is 1. The first-order chi connectivity index (χ1) is 10.3. The second kappa shape index (κ2) is 6.84. The van der Waals surface area contributed by atoms with Crippen molar-refractivity contribution in [2.24, 2.45) is 5.92 Å². The monoisotopic (exact) mass is 305 g/mol. The maximum atomic E-state index is 12.8. The summed E-state index contributed by atoms with van der Waals surface area (Å²) in [7, 11) is 0. The Morgan fingerprint density at radius 3 is 2.86 bits per heavy atom. The van der Waals surface area contributed by atoms with Gasteiger partial charge in [-0.15, -0.1) is 0 Å². The third-order valence-corrected chi connectivity index (χ3v) is 5.41. The highest BCUT2D eigenvalue weighted by atomic mass is 32.2. The Kier molecular flexibility index (Phi) is 4.86. The quantitative estimate of drug-likeness (QED) is 0.841. The zero-order valence-electron chi connectivity index (χ0n) is 12.6. The zero-order chi connectivity index (χ0) is 14.7. The summed E-state index contributed by atoms with van der Waals surface area (Å²) in [6.07, 6.45) is 1.98. The molecule has 0 unspecified atom stereocenters. The largest absolute Gasteiger partial charge is 0.381 e. The normalized spacial score (nSPS) is 26.6. The van der Waals surface area contributed by atoms with E-state index in [1.54, 1.807) is 0 Å². The van der Waals surface area contributed by atoms with Crippen molar-refractivity contribution in [1.29, 1.82) is 0 Å². The molecule has 1 aromatic rings. The third kappa shape index (κ3) is 3.43. The fraction of sp³-hybridized carbons (Fsp3) is 0.588. The third-order valence-electron chi connectivity index (χ3n) is 4.38. The molecule has 0 saturated carbocycles. The van der Waals surface area contributed by atoms with Crippen molar-refractivity contribution in [2.45, 2.75) is 25.8 Å². The Balaban J connectivity index is 1.77. The lowest BCUT2D eigenvalue weighted by Gasteiger charge is -2.38. The highest BCUT2D eigenvalue weighted by Crippen LogP contribution is 2.32. The second-order valence-electron chi connectivity index (χ2n) is 5.95. The van der Waals surface area contributed by atoms with Crippen LogP contribution in [0, 0.1) is 12.8 Å². The van der Waals surface area contributed by atoms with Crippen LogP contribution in [0.1, 0.15) is 30.0 Å². The fourth-order valence-electron chi connectivity index (χ4n) is 3.10. The summed E-state index contributed by atoms with van der Waals surface area (Å²) in [5.41, 5.74) is 2.53. The van der Waals surface area contributed by atoms with Crippen molar-refractivity contribution in [3.05, 3.63) is 35.4 Å². The predicted molar refractivity (Wildman–Crippen MR) is 86.5 cm³/mol. The average molecular weight is 305 g/mol. The smallest absolute Gasteiger partial charge is 0.228 e. The van der Waals surface area contributed by atoms with Crippen molar-refractivity contribution in [2.75, 3.05) is 31.3 Å². The van der Waals surface area contributed by atoms with Crippen LogP contribution in [0.15, 0.2) is 24.3 Å². The highest BCUT2D eigenvalue weighted by Gasteiger charge is 2.33. The molecule has 2 aliphatic heterocycles. The van der Waals surface area contributed by atoms with E-state index >= 15 is 0 Å². The highest BCUT2D eigenvalue weighted by molar-refractivity contribution is 7.99. The predicted octanol–water partition coefficient (Wildman–Crippen LogP) is 3.04. The molecular weight excluding hydrogens is 282 g/mol. The van der Waals surface area contributed by atoms with Gasteiger partial charge in [0.1, 0.15) is 0 Å². The Labute approximate surface area is 131 Å². The summed E-state index contributed by atoms with van der Waals surface area (Å²) in [6, 6.07) is 8.84. The first-order valence-electron chi connectivity index (χ1n) is 7.78. The van der Waals surface area contributed by atoms with Gasteiger partial charge >= 0.3 is 0 Å². The van der Waals surface area contributed by atoms with Gasteiger partial charge in [0.15, 0.2) is 0 Å². The Morgan fingerprint density at radius 2 is 2.14 bits per heavy atom. The molecule has 0 bridgehead atoms. The van der Waals surface area contributed by atoms with E-state index in [1.165, 1.54) is 11.1 Å². The molecule has 1 aromatic carbocycles. The number of nitrogens with zero attached hydrogens (tertiary/aromatic N) is 1. The molecule has 2 saturated heterocycles. The minimum Gasteiger partial charge on any atom is -0.381 e. The second-order valence-corrected chi connectivity index (χ2v) is 7.10. The molecule has 21 heavy (non-hydrogen) atoms. The molecule has 0 N–H and O–H groups in total. The molecule has 0 spiro atoms. The van der Waals surface area contributed by atoms with Gasteiger partial charge in [0.25, 0.3) is 0 Å². The van der Waals surface area contributed by atoms with E-state index < -0.39 is 0 Å². The van der Waals surface area contributed by atoms with Gasteiger partial charge in [-0.25, -0.2) is 0 Å². The van der Waals surface area contributed by atoms with Gasteiger partial charge in [0, 0.05) is 24.7 Å². The molecule has 1 amide bonds. The van der Waals surface area contributed by atoms with Gasteiger partial charge in [0.2, 0.25) is 5.91 Å². The van der Waals surface area contributed by atoms with E-state index in [9.17, 15) is 4.79 Å². The minimum absolute atomic E-state index is 0.0646. The van der Waals surface area contributed by atoms with Crippen LogP contribution < -0.4 is 0 Å². The van der Waals surface area contributed by atoms with Crippen molar-refractivity contribution in [1.82, 2.24) is 4.90 Å². The lowest BCUT2D eigenvalue weighted by Crippen LogP contribution is -2.45. The van der Waals surface area contributed by atoms with Gasteiger partial charge in [-0.1, -0.05) is 29.8 Å². The van der Waals surface area contributed by atoms with Gasteiger partial charge in [0.05, 0.1) is 18.6 Å². The number of hydrogen-bond donors (Lipinski definition) is 0. The van der Waals surface area contributed by atoms with Crippen LogP contribution >= 0.6 is 11.8 Å². The molecule has 2 heterocycles. The molecule has 0 aromatic heterocycles. The Hall–Kier alpha value is -1.00. The van der Waals surface area contributed by atoms with Crippen molar-refractivity contribution < 1.29 is 9.53 Å². The Morgan fingerprint density at radius 1 is 1.33 bits per heavy atom. The molecule has 2 atom stereocenters. The number of rotatable bonds is 2. The maximum absolute atomic E-state index is 12.8. The maximum Gasteiger partial charge on any atom is 0.228 e. The number of benzene rings is 1. The van der Waals surface area contributed by atoms with Crippen LogP contribution in [-0.4, -0.2) is 42.1 Å². The number of carbonyl (C=O) groups excluding carboxylic acids is 1. The van der Waals surface area contributed by atoms with Gasteiger partial charge in [-0.2, -0.15) is 11.8 Å². The van der Waals surface area contributed by atoms with Gasteiger partial charge in [-0.05, 0) is 25.3 Å². The number of aryl methyl sites for hydroxylation is 1. The molecule has 114 valence electrons. The lowest BCUT2D eigenvalue weighted by atomic mass is 9.98. The van der Waals surface area contributed by atoms with Crippen LogP contribution in [0.25, 0.3) is 0 Å². The van der Waals surface area contributed by atoms with E-state index in [4.69, 9.17) is 4.74 Å². The standard InChI is InChI=1S/C17H23NO2S/c1-13-4-6-14(7-5-13)16-12-21-10-8-18(16)17(19)15-3-2-9-20-11-15/h4-7,15-16H,2-3,8-12H2,1H3/t15-,16-/m1/s1. The molecule has 0 aliphatic carbocycles. The van der Waals surface area contributed by atoms with Crippen LogP contribution in [0.4, 0.5) is 0 Å². The van der Waals surface area contributed by atoms with E-state index in [-0.39, 0.29) is 12.0 Å². The summed E-state index contributed by atoms with van der Waals surface area (Å²) < 4.78 is 5.50. The van der Waals surface area contributed by atoms with Crippen LogP contribution in [0.3, 0.4) is 0 Å². The van der Waals surface area contributed by atoms with Crippen LogP contribution in [0.2, 0.25) is 0 Å². The lowest BCUT2D eigenvalue weighted by molar-refractivity contribution is -0.141. The topological polar surface area (TPSA) is 29.5 Å². The van der Waals surface area contributed by atoms with E-state index in [0.717, 1.165) is 37.5 Å². The van der Waals surface area contributed by atoms with E-state index in [0.29, 0.717) is 12.5 Å². The summed E-state index contributed by atoms with van der Waals surface area (Å²) >= 11 is 1.94. The minimum atomic E-state index is 0.0646. The van der Waals surface area contributed by atoms with Gasteiger partial charge in [-0.3, -0.25) is 4.79 Å². The SMILES string of the molecule is Cc1ccc([C@H]2CSCCN2C(=O)[C@@H]2CCCOC2)cc1. The molecular formula is C17H23NO2S. The number of hydrogen-bond acceptors (Lipinski definition) is 3. The van der Waals surface area contributed by atoms with Crippen molar-refractivity contribution in [3.8, 4) is 0 Å². The molecule has 3 rings (SSSR count). The first kappa shape index (κ1) is 14.9. The zero-order valence-corrected chi connectivity index (χ0v) is 13.4. The van der Waals surface area contributed by atoms with E-state index in [2.05, 4.69) is 36.1 Å². The molecule has 2 aliphatic rings. The molecule has 2 fully saturated rings. The average Bonchev–Trinajstić information content (AvgIpc) is 2.56.